The van der Waals surface area contributed by atoms with Crippen LogP contribution < -0.4 is 0 Å². The summed E-state index contributed by atoms with van der Waals surface area (Å²) in [4.78, 5) is 15.1. The summed E-state index contributed by atoms with van der Waals surface area (Å²) in [5, 5.41) is 5.06. The van der Waals surface area contributed by atoms with E-state index >= 15 is 0 Å². The van der Waals surface area contributed by atoms with Gasteiger partial charge in [-0.1, -0.05) is 109 Å². The van der Waals surface area contributed by atoms with Crippen molar-refractivity contribution in [2.75, 3.05) is 0 Å². The molecule has 0 spiro atoms. The molecule has 0 radical (unpaired) electrons. The highest BCUT2D eigenvalue weighted by Gasteiger charge is 2.20. The number of benzene rings is 6. The third-order valence-corrected chi connectivity index (χ3v) is 9.39. The molecule has 0 aliphatic rings. The van der Waals surface area contributed by atoms with E-state index in [0.29, 0.717) is 17.5 Å². The van der Waals surface area contributed by atoms with E-state index in [-0.39, 0.29) is 0 Å². The number of fused-ring (bicyclic) bond motifs is 6. The van der Waals surface area contributed by atoms with E-state index in [2.05, 4.69) is 89.5 Å². The van der Waals surface area contributed by atoms with Crippen LogP contribution in [0.2, 0.25) is 0 Å². The van der Waals surface area contributed by atoms with Crippen molar-refractivity contribution in [1.29, 1.82) is 0 Å². The highest BCUT2D eigenvalue weighted by molar-refractivity contribution is 7.25. The van der Waals surface area contributed by atoms with Crippen molar-refractivity contribution in [2.24, 2.45) is 0 Å². The molecule has 3 heterocycles. The average molecular weight is 581 g/mol. The van der Waals surface area contributed by atoms with Gasteiger partial charge in [0.1, 0.15) is 0 Å². The standard InChI is InChI=1S/C39H24N4S/c1-3-13-25(14-4-1)37-40-38(26-15-5-2-6-16-26)42-39(41-37)29-19-8-11-21-33(29)43-32-20-10-7-17-27(32)30-23-31-28-18-9-12-22-35(28)44-36(31)24-34(30)43/h1-24H. The van der Waals surface area contributed by atoms with E-state index in [1.54, 1.807) is 0 Å². The molecule has 0 N–H and O–H groups in total. The monoisotopic (exact) mass is 580 g/mol. The molecule has 44 heavy (non-hydrogen) atoms. The van der Waals surface area contributed by atoms with Crippen LogP contribution in [0.1, 0.15) is 0 Å². The molecule has 0 aliphatic carbocycles. The Bertz CT molecular complexity index is 2440. The topological polar surface area (TPSA) is 43.6 Å². The van der Waals surface area contributed by atoms with Gasteiger partial charge in [-0.2, -0.15) is 0 Å². The second kappa shape index (κ2) is 9.97. The van der Waals surface area contributed by atoms with E-state index in [9.17, 15) is 0 Å². The Kier molecular flexibility index (Phi) is 5.64. The van der Waals surface area contributed by atoms with Crippen LogP contribution in [-0.4, -0.2) is 19.5 Å². The Morgan fingerprint density at radius 3 is 1.75 bits per heavy atom. The summed E-state index contributed by atoms with van der Waals surface area (Å²) >= 11 is 1.84. The van der Waals surface area contributed by atoms with Gasteiger partial charge in [-0.15, -0.1) is 11.3 Å². The molecule has 5 heteroatoms. The van der Waals surface area contributed by atoms with Crippen LogP contribution in [0.25, 0.3) is 81.8 Å². The first kappa shape index (κ1) is 24.9. The molecule has 0 unspecified atom stereocenters. The maximum absolute atomic E-state index is 5.08. The van der Waals surface area contributed by atoms with Crippen molar-refractivity contribution in [2.45, 2.75) is 0 Å². The van der Waals surface area contributed by atoms with Crippen LogP contribution in [-0.2, 0) is 0 Å². The van der Waals surface area contributed by atoms with Crippen LogP contribution in [0.4, 0.5) is 0 Å². The van der Waals surface area contributed by atoms with Crippen LogP contribution in [0.3, 0.4) is 0 Å². The summed E-state index contributed by atoms with van der Waals surface area (Å²) in [5.41, 5.74) is 6.20. The lowest BCUT2D eigenvalue weighted by Crippen LogP contribution is -2.03. The first-order chi connectivity index (χ1) is 21.8. The second-order valence-corrected chi connectivity index (χ2v) is 12.0. The molecule has 9 rings (SSSR count). The van der Waals surface area contributed by atoms with Crippen molar-refractivity contribution in [3.63, 3.8) is 0 Å². The molecule has 0 fully saturated rings. The first-order valence-corrected chi connectivity index (χ1v) is 15.4. The van der Waals surface area contributed by atoms with Gasteiger partial charge in [0.15, 0.2) is 17.5 Å². The highest BCUT2D eigenvalue weighted by Crippen LogP contribution is 2.41. The predicted octanol–water partition coefficient (Wildman–Crippen LogP) is 10.3. The Labute approximate surface area is 257 Å². The smallest absolute Gasteiger partial charge is 0.166 e. The lowest BCUT2D eigenvalue weighted by atomic mass is 10.1. The minimum Gasteiger partial charge on any atom is -0.308 e. The number of thiophene rings is 1. The molecule has 0 aliphatic heterocycles. The van der Waals surface area contributed by atoms with E-state index < -0.39 is 0 Å². The number of para-hydroxylation sites is 2. The summed E-state index contributed by atoms with van der Waals surface area (Å²) in [7, 11) is 0. The maximum atomic E-state index is 5.08. The minimum atomic E-state index is 0.641. The number of hydrogen-bond donors (Lipinski definition) is 0. The van der Waals surface area contributed by atoms with E-state index in [1.807, 2.05) is 72.0 Å². The predicted molar refractivity (Wildman–Crippen MR) is 183 cm³/mol. The van der Waals surface area contributed by atoms with Crippen LogP contribution in [0, 0.1) is 0 Å². The van der Waals surface area contributed by atoms with Gasteiger partial charge < -0.3 is 4.57 Å². The lowest BCUT2D eigenvalue weighted by molar-refractivity contribution is 1.06. The summed E-state index contributed by atoms with van der Waals surface area (Å²) in [6.07, 6.45) is 0. The van der Waals surface area contributed by atoms with Gasteiger partial charge >= 0.3 is 0 Å². The van der Waals surface area contributed by atoms with Gasteiger partial charge in [-0.25, -0.2) is 15.0 Å². The molecule has 0 saturated carbocycles. The van der Waals surface area contributed by atoms with Crippen molar-refractivity contribution in [3.8, 4) is 39.9 Å². The third-order valence-electron chi connectivity index (χ3n) is 8.26. The molecule has 206 valence electrons. The molecule has 9 aromatic rings. The van der Waals surface area contributed by atoms with Gasteiger partial charge in [0.25, 0.3) is 0 Å². The van der Waals surface area contributed by atoms with Gasteiger partial charge in [0.2, 0.25) is 0 Å². The van der Waals surface area contributed by atoms with Crippen LogP contribution in [0.15, 0.2) is 146 Å². The lowest BCUT2D eigenvalue weighted by Gasteiger charge is -2.14. The maximum Gasteiger partial charge on any atom is 0.166 e. The SMILES string of the molecule is c1ccc(-c2nc(-c3ccccc3)nc(-c3ccccc3-n3c4ccccc4c4cc5c(cc43)sc3ccccc35)n2)cc1. The number of nitrogens with zero attached hydrogens (tertiary/aromatic N) is 4. The number of hydrogen-bond acceptors (Lipinski definition) is 4. The van der Waals surface area contributed by atoms with Crippen molar-refractivity contribution in [1.82, 2.24) is 19.5 Å². The zero-order valence-corrected chi connectivity index (χ0v) is 24.4. The number of rotatable bonds is 4. The zero-order valence-electron chi connectivity index (χ0n) is 23.6. The van der Waals surface area contributed by atoms with Crippen molar-refractivity contribution in [3.05, 3.63) is 146 Å². The minimum absolute atomic E-state index is 0.641. The Hall–Kier alpha value is -5.65. The highest BCUT2D eigenvalue weighted by atomic mass is 32.1. The van der Waals surface area contributed by atoms with Gasteiger partial charge in [0, 0.05) is 47.6 Å². The molecule has 0 bridgehead atoms. The van der Waals surface area contributed by atoms with Gasteiger partial charge in [-0.05, 0) is 36.4 Å². The molecule has 6 aromatic carbocycles. The average Bonchev–Trinajstić information content (AvgIpc) is 3.62. The van der Waals surface area contributed by atoms with Crippen LogP contribution in [0.5, 0.6) is 0 Å². The van der Waals surface area contributed by atoms with E-state index in [4.69, 9.17) is 15.0 Å². The third kappa shape index (κ3) is 3.94. The van der Waals surface area contributed by atoms with Gasteiger partial charge in [0.05, 0.1) is 16.7 Å². The zero-order chi connectivity index (χ0) is 29.0. The molecule has 0 saturated heterocycles. The van der Waals surface area contributed by atoms with Crippen LogP contribution >= 0.6 is 11.3 Å². The normalized spacial score (nSPS) is 11.6. The second-order valence-electron chi connectivity index (χ2n) is 10.9. The fourth-order valence-electron chi connectivity index (χ4n) is 6.23. The van der Waals surface area contributed by atoms with Gasteiger partial charge in [-0.3, -0.25) is 0 Å². The molecular formula is C39H24N4S. The Balaban J connectivity index is 1.34. The van der Waals surface area contributed by atoms with Crippen molar-refractivity contribution >= 4 is 53.3 Å². The molecule has 0 atom stereocenters. The fraction of sp³-hybridized carbons (Fsp3) is 0. The molecule has 3 aromatic heterocycles. The van der Waals surface area contributed by atoms with Crippen molar-refractivity contribution < 1.29 is 0 Å². The first-order valence-electron chi connectivity index (χ1n) is 14.6. The largest absolute Gasteiger partial charge is 0.308 e. The Morgan fingerprint density at radius 1 is 0.409 bits per heavy atom. The summed E-state index contributed by atoms with van der Waals surface area (Å²) < 4.78 is 4.95. The summed E-state index contributed by atoms with van der Waals surface area (Å²) in [6.45, 7) is 0. The molecule has 4 nitrogen and oxygen atoms in total. The quantitative estimate of drug-likeness (QED) is 0.208. The molecular weight excluding hydrogens is 557 g/mol. The Morgan fingerprint density at radius 2 is 1.00 bits per heavy atom. The molecule has 0 amide bonds. The van der Waals surface area contributed by atoms with E-state index in [0.717, 1.165) is 27.9 Å². The summed E-state index contributed by atoms with van der Waals surface area (Å²) in [5.74, 6) is 1.94. The fourth-order valence-corrected chi connectivity index (χ4v) is 7.35. The summed E-state index contributed by atoms with van der Waals surface area (Å²) in [6, 6.07) is 50.8. The number of aromatic nitrogens is 4. The van der Waals surface area contributed by atoms with E-state index in [1.165, 1.54) is 36.5 Å².